The molecule has 0 saturated carbocycles. The van der Waals surface area contributed by atoms with Crippen LogP contribution in [-0.2, 0) is 7.05 Å². The van der Waals surface area contributed by atoms with E-state index >= 15 is 0 Å². The fourth-order valence-corrected chi connectivity index (χ4v) is 3.76. The quantitative estimate of drug-likeness (QED) is 0.696. The van der Waals surface area contributed by atoms with Crippen LogP contribution in [0.3, 0.4) is 0 Å². The summed E-state index contributed by atoms with van der Waals surface area (Å²) < 4.78 is 3.13. The van der Waals surface area contributed by atoms with Crippen molar-refractivity contribution < 1.29 is 4.79 Å². The molecule has 1 amide bonds. The number of halogens is 1. The minimum Gasteiger partial charge on any atom is -0.335 e. The largest absolute Gasteiger partial charge is 0.335 e. The second kappa shape index (κ2) is 6.29. The lowest BCUT2D eigenvalue weighted by molar-refractivity contribution is 0.0742. The highest BCUT2D eigenvalue weighted by atomic mass is 35.5. The molecule has 0 radical (unpaired) electrons. The summed E-state index contributed by atoms with van der Waals surface area (Å²) in [5.41, 5.74) is 1.69. The van der Waals surface area contributed by atoms with Crippen molar-refractivity contribution >= 4 is 23.2 Å². The van der Waals surface area contributed by atoms with Gasteiger partial charge in [-0.25, -0.2) is 4.98 Å². The van der Waals surface area contributed by atoms with Crippen LogP contribution in [-0.4, -0.2) is 37.3 Å². The molecule has 0 unspecified atom stereocenters. The Labute approximate surface area is 155 Å². The standard InChI is InChI=1S/C19H19ClN4O2/c1-12-6-5-9-24(12)18(25)15-10-23-11-16(13-7-3-4-8-14(13)20)22(2)19(26)17(23)21-15/h3-4,7-8,10-12H,5-6,9H2,1-2H3/t12-/m0/s1. The third-order valence-corrected chi connectivity index (χ3v) is 5.36. The highest BCUT2D eigenvalue weighted by Gasteiger charge is 2.28. The predicted octanol–water partition coefficient (Wildman–Crippen LogP) is 2.98. The van der Waals surface area contributed by atoms with E-state index < -0.39 is 0 Å². The molecule has 1 fully saturated rings. The molecular weight excluding hydrogens is 352 g/mol. The van der Waals surface area contributed by atoms with Crippen molar-refractivity contribution in [1.82, 2.24) is 18.9 Å². The molecule has 1 aliphatic heterocycles. The Morgan fingerprint density at radius 1 is 1.27 bits per heavy atom. The highest BCUT2D eigenvalue weighted by Crippen LogP contribution is 2.26. The van der Waals surface area contributed by atoms with Gasteiger partial charge < -0.3 is 9.47 Å². The molecule has 1 saturated heterocycles. The highest BCUT2D eigenvalue weighted by molar-refractivity contribution is 6.33. The molecular formula is C19H19ClN4O2. The number of likely N-dealkylation sites (tertiary alicyclic amines) is 1. The number of hydrogen-bond acceptors (Lipinski definition) is 3. The van der Waals surface area contributed by atoms with Crippen LogP contribution in [0.4, 0.5) is 0 Å². The number of rotatable bonds is 2. The van der Waals surface area contributed by atoms with Gasteiger partial charge >= 0.3 is 0 Å². The second-order valence-corrected chi connectivity index (χ2v) is 7.11. The summed E-state index contributed by atoms with van der Waals surface area (Å²) in [7, 11) is 1.68. The van der Waals surface area contributed by atoms with Crippen LogP contribution in [0.15, 0.2) is 41.5 Å². The van der Waals surface area contributed by atoms with Gasteiger partial charge in [-0.15, -0.1) is 0 Å². The summed E-state index contributed by atoms with van der Waals surface area (Å²) >= 11 is 6.29. The van der Waals surface area contributed by atoms with Crippen LogP contribution in [0, 0.1) is 0 Å². The maximum atomic E-state index is 12.8. The van der Waals surface area contributed by atoms with E-state index in [1.54, 1.807) is 29.9 Å². The summed E-state index contributed by atoms with van der Waals surface area (Å²) in [6.45, 7) is 2.77. The van der Waals surface area contributed by atoms with Gasteiger partial charge in [0, 0.05) is 42.6 Å². The first-order chi connectivity index (χ1) is 12.5. The first-order valence-corrected chi connectivity index (χ1v) is 9.00. The summed E-state index contributed by atoms with van der Waals surface area (Å²) in [4.78, 5) is 31.7. The number of carbonyl (C=O) groups is 1. The number of benzene rings is 1. The van der Waals surface area contributed by atoms with Gasteiger partial charge in [0.15, 0.2) is 0 Å². The molecule has 3 heterocycles. The van der Waals surface area contributed by atoms with E-state index in [0.717, 1.165) is 24.9 Å². The molecule has 6 nitrogen and oxygen atoms in total. The topological polar surface area (TPSA) is 59.6 Å². The minimum absolute atomic E-state index is 0.125. The summed E-state index contributed by atoms with van der Waals surface area (Å²) in [6.07, 6.45) is 5.41. The SMILES string of the molecule is C[C@H]1CCCN1C(=O)c1cn2cc(-c3ccccc3Cl)n(C)c(=O)c2n1. The number of hydrogen-bond donors (Lipinski definition) is 0. The van der Waals surface area contributed by atoms with E-state index in [0.29, 0.717) is 16.4 Å². The average Bonchev–Trinajstić information content (AvgIpc) is 3.24. The predicted molar refractivity (Wildman–Crippen MR) is 101 cm³/mol. The zero-order valence-corrected chi connectivity index (χ0v) is 15.4. The first-order valence-electron chi connectivity index (χ1n) is 8.62. The van der Waals surface area contributed by atoms with Gasteiger partial charge in [-0.1, -0.05) is 29.8 Å². The van der Waals surface area contributed by atoms with E-state index in [1.807, 2.05) is 30.0 Å². The van der Waals surface area contributed by atoms with Gasteiger partial charge in [-0.3, -0.25) is 14.0 Å². The van der Waals surface area contributed by atoms with E-state index in [9.17, 15) is 9.59 Å². The van der Waals surface area contributed by atoms with Crippen LogP contribution in [0.2, 0.25) is 5.02 Å². The molecule has 7 heteroatoms. The number of carbonyl (C=O) groups excluding carboxylic acids is 1. The molecule has 26 heavy (non-hydrogen) atoms. The van der Waals surface area contributed by atoms with Crippen molar-refractivity contribution in [3.63, 3.8) is 0 Å². The smallest absolute Gasteiger partial charge is 0.294 e. The maximum absolute atomic E-state index is 12.8. The molecule has 0 aliphatic carbocycles. The number of fused-ring (bicyclic) bond motifs is 1. The van der Waals surface area contributed by atoms with Crippen LogP contribution in [0.5, 0.6) is 0 Å². The van der Waals surface area contributed by atoms with Crippen molar-refractivity contribution in [2.24, 2.45) is 7.05 Å². The van der Waals surface area contributed by atoms with Crippen LogP contribution >= 0.6 is 11.6 Å². The summed E-state index contributed by atoms with van der Waals surface area (Å²) in [5.74, 6) is -0.125. The first kappa shape index (κ1) is 16.8. The Kier molecular flexibility index (Phi) is 4.07. The maximum Gasteiger partial charge on any atom is 0.294 e. The van der Waals surface area contributed by atoms with Crippen molar-refractivity contribution in [3.8, 4) is 11.3 Å². The van der Waals surface area contributed by atoms with E-state index in [-0.39, 0.29) is 23.2 Å². The molecule has 1 aromatic carbocycles. The molecule has 0 bridgehead atoms. The Hall–Kier alpha value is -2.60. The zero-order chi connectivity index (χ0) is 18.4. The fraction of sp³-hybridized carbons (Fsp3) is 0.316. The van der Waals surface area contributed by atoms with Crippen LogP contribution in [0.25, 0.3) is 16.9 Å². The van der Waals surface area contributed by atoms with Crippen molar-refractivity contribution in [3.05, 3.63) is 57.7 Å². The summed E-state index contributed by atoms with van der Waals surface area (Å²) in [6, 6.07) is 7.55. The minimum atomic E-state index is -0.268. The van der Waals surface area contributed by atoms with Crippen LogP contribution < -0.4 is 5.56 Å². The molecule has 134 valence electrons. The van der Waals surface area contributed by atoms with E-state index in [4.69, 9.17) is 11.6 Å². The normalized spacial score (nSPS) is 17.2. The van der Waals surface area contributed by atoms with Crippen LogP contribution in [0.1, 0.15) is 30.3 Å². The molecule has 4 rings (SSSR count). The fourth-order valence-electron chi connectivity index (χ4n) is 3.53. The Bertz CT molecular complexity index is 1070. The van der Waals surface area contributed by atoms with Crippen molar-refractivity contribution in [1.29, 1.82) is 0 Å². The molecule has 3 aromatic rings. The third kappa shape index (κ3) is 2.61. The van der Waals surface area contributed by atoms with Gasteiger partial charge in [0.1, 0.15) is 5.69 Å². The molecule has 0 N–H and O–H groups in total. The van der Waals surface area contributed by atoms with Gasteiger partial charge in [0.25, 0.3) is 11.5 Å². The molecule has 0 spiro atoms. The Balaban J connectivity index is 1.84. The lowest BCUT2D eigenvalue weighted by atomic mass is 10.1. The van der Waals surface area contributed by atoms with E-state index in [1.165, 1.54) is 4.57 Å². The van der Waals surface area contributed by atoms with Crippen molar-refractivity contribution in [2.75, 3.05) is 6.54 Å². The second-order valence-electron chi connectivity index (χ2n) is 6.71. The van der Waals surface area contributed by atoms with E-state index in [2.05, 4.69) is 4.98 Å². The lowest BCUT2D eigenvalue weighted by Gasteiger charge is -2.19. The zero-order valence-electron chi connectivity index (χ0n) is 14.6. The number of aromatic nitrogens is 3. The number of amides is 1. The van der Waals surface area contributed by atoms with Gasteiger partial charge in [0.2, 0.25) is 5.65 Å². The molecule has 1 aliphatic rings. The lowest BCUT2D eigenvalue weighted by Crippen LogP contribution is -2.33. The third-order valence-electron chi connectivity index (χ3n) is 5.03. The molecule has 2 aromatic heterocycles. The van der Waals surface area contributed by atoms with Gasteiger partial charge in [-0.05, 0) is 25.8 Å². The number of nitrogens with zero attached hydrogens (tertiary/aromatic N) is 4. The number of imidazole rings is 1. The summed E-state index contributed by atoms with van der Waals surface area (Å²) in [5, 5.41) is 0.559. The van der Waals surface area contributed by atoms with Gasteiger partial charge in [-0.2, -0.15) is 0 Å². The Morgan fingerprint density at radius 3 is 2.73 bits per heavy atom. The van der Waals surface area contributed by atoms with Crippen molar-refractivity contribution in [2.45, 2.75) is 25.8 Å². The Morgan fingerprint density at radius 2 is 2.04 bits per heavy atom. The average molecular weight is 371 g/mol. The monoisotopic (exact) mass is 370 g/mol. The van der Waals surface area contributed by atoms with Gasteiger partial charge in [0.05, 0.1) is 5.69 Å². The molecule has 1 atom stereocenters.